The van der Waals surface area contributed by atoms with Gasteiger partial charge in [-0.15, -0.1) is 11.3 Å². The maximum atomic E-state index is 12.1. The summed E-state index contributed by atoms with van der Waals surface area (Å²) in [4.78, 5) is 16.3. The summed E-state index contributed by atoms with van der Waals surface area (Å²) in [6.45, 7) is 4.63. The molecule has 19 heavy (non-hydrogen) atoms. The first-order valence-corrected chi connectivity index (χ1v) is 7.68. The predicted octanol–water partition coefficient (Wildman–Crippen LogP) is 3.75. The van der Waals surface area contributed by atoms with E-state index < -0.39 is 0 Å². The number of nitrogens with zero attached hydrogens (tertiary/aromatic N) is 1. The van der Waals surface area contributed by atoms with Gasteiger partial charge in [-0.1, -0.05) is 22.9 Å². The molecule has 100 valence electrons. The van der Waals surface area contributed by atoms with Crippen molar-refractivity contribution in [3.8, 4) is 0 Å². The maximum absolute atomic E-state index is 12.1. The molecule has 0 spiro atoms. The van der Waals surface area contributed by atoms with Gasteiger partial charge >= 0.3 is 0 Å². The number of amides is 1. The smallest absolute Gasteiger partial charge is 0.251 e. The number of thiazole rings is 1. The van der Waals surface area contributed by atoms with Crippen LogP contribution in [0.25, 0.3) is 0 Å². The molecule has 1 heterocycles. The van der Waals surface area contributed by atoms with E-state index in [1.54, 1.807) is 17.5 Å². The Morgan fingerprint density at radius 1 is 1.47 bits per heavy atom. The summed E-state index contributed by atoms with van der Waals surface area (Å²) in [7, 11) is 0. The number of aryl methyl sites for hydroxylation is 1. The molecule has 1 atom stereocenters. The SMILES string of the molecule is Cc1cc(Br)cc(C(=O)NCC(C)c2nccs2)c1. The zero-order valence-corrected chi connectivity index (χ0v) is 13.2. The largest absolute Gasteiger partial charge is 0.351 e. The first-order valence-electron chi connectivity index (χ1n) is 6.01. The van der Waals surface area contributed by atoms with E-state index in [0.717, 1.165) is 15.0 Å². The summed E-state index contributed by atoms with van der Waals surface area (Å²) in [5.74, 6) is 0.185. The van der Waals surface area contributed by atoms with E-state index in [1.807, 2.05) is 30.5 Å². The van der Waals surface area contributed by atoms with Crippen LogP contribution in [-0.2, 0) is 0 Å². The highest BCUT2D eigenvalue weighted by Gasteiger charge is 2.11. The Balaban J connectivity index is 1.98. The van der Waals surface area contributed by atoms with Crippen molar-refractivity contribution in [2.75, 3.05) is 6.54 Å². The fourth-order valence-electron chi connectivity index (χ4n) is 1.78. The van der Waals surface area contributed by atoms with E-state index in [1.165, 1.54) is 0 Å². The number of hydrogen-bond acceptors (Lipinski definition) is 3. The predicted molar refractivity (Wildman–Crippen MR) is 81.7 cm³/mol. The molecular weight excluding hydrogens is 324 g/mol. The van der Waals surface area contributed by atoms with Crippen LogP contribution in [-0.4, -0.2) is 17.4 Å². The molecule has 1 unspecified atom stereocenters. The molecule has 1 aromatic heterocycles. The van der Waals surface area contributed by atoms with Crippen LogP contribution in [0, 0.1) is 6.92 Å². The van der Waals surface area contributed by atoms with Crippen LogP contribution >= 0.6 is 27.3 Å². The lowest BCUT2D eigenvalue weighted by atomic mass is 10.1. The molecule has 2 aromatic rings. The van der Waals surface area contributed by atoms with E-state index in [-0.39, 0.29) is 11.8 Å². The highest BCUT2D eigenvalue weighted by Crippen LogP contribution is 2.18. The maximum Gasteiger partial charge on any atom is 0.251 e. The van der Waals surface area contributed by atoms with Crippen molar-refractivity contribution in [3.05, 3.63) is 50.4 Å². The Bertz CT molecular complexity index is 549. The third-order valence-electron chi connectivity index (χ3n) is 2.75. The lowest BCUT2D eigenvalue weighted by Gasteiger charge is -2.10. The fourth-order valence-corrected chi connectivity index (χ4v) is 3.09. The Hall–Kier alpha value is -1.20. The van der Waals surface area contributed by atoms with Gasteiger partial charge in [0.2, 0.25) is 0 Å². The quantitative estimate of drug-likeness (QED) is 0.922. The molecule has 1 N–H and O–H groups in total. The van der Waals surface area contributed by atoms with Crippen LogP contribution in [0.15, 0.2) is 34.2 Å². The molecule has 0 fully saturated rings. The van der Waals surface area contributed by atoms with Crippen LogP contribution in [0.5, 0.6) is 0 Å². The van der Waals surface area contributed by atoms with Gasteiger partial charge in [-0.3, -0.25) is 4.79 Å². The van der Waals surface area contributed by atoms with Gasteiger partial charge in [-0.2, -0.15) is 0 Å². The van der Waals surface area contributed by atoms with Crippen LogP contribution in [0.4, 0.5) is 0 Å². The van der Waals surface area contributed by atoms with Gasteiger partial charge in [0.15, 0.2) is 0 Å². The first kappa shape index (κ1) is 14.2. The van der Waals surface area contributed by atoms with Crippen molar-refractivity contribution in [2.24, 2.45) is 0 Å². The second kappa shape index (κ2) is 6.30. The number of hydrogen-bond donors (Lipinski definition) is 1. The van der Waals surface area contributed by atoms with Gasteiger partial charge in [0.05, 0.1) is 5.01 Å². The van der Waals surface area contributed by atoms with Gasteiger partial charge in [0, 0.05) is 34.1 Å². The van der Waals surface area contributed by atoms with Crippen molar-refractivity contribution in [3.63, 3.8) is 0 Å². The Morgan fingerprint density at radius 3 is 2.89 bits per heavy atom. The second-order valence-corrected chi connectivity index (χ2v) is 6.34. The molecule has 0 saturated carbocycles. The molecule has 0 aliphatic heterocycles. The average molecular weight is 339 g/mol. The summed E-state index contributed by atoms with van der Waals surface area (Å²) >= 11 is 5.02. The highest BCUT2D eigenvalue weighted by atomic mass is 79.9. The second-order valence-electron chi connectivity index (χ2n) is 4.50. The normalized spacial score (nSPS) is 12.2. The summed E-state index contributed by atoms with van der Waals surface area (Å²) < 4.78 is 0.922. The minimum absolute atomic E-state index is 0.0483. The molecular formula is C14H15BrN2OS. The number of halogens is 1. The van der Waals surface area contributed by atoms with Crippen molar-refractivity contribution in [2.45, 2.75) is 19.8 Å². The zero-order valence-electron chi connectivity index (χ0n) is 10.8. The van der Waals surface area contributed by atoms with Gasteiger partial charge in [-0.05, 0) is 30.7 Å². The van der Waals surface area contributed by atoms with E-state index in [0.29, 0.717) is 12.1 Å². The summed E-state index contributed by atoms with van der Waals surface area (Å²) in [5, 5.41) is 5.95. The number of nitrogens with one attached hydrogen (secondary N) is 1. The van der Waals surface area contributed by atoms with E-state index in [4.69, 9.17) is 0 Å². The van der Waals surface area contributed by atoms with E-state index in [9.17, 15) is 4.79 Å². The molecule has 0 aliphatic rings. The molecule has 0 aliphatic carbocycles. The van der Waals surface area contributed by atoms with Crippen molar-refractivity contribution in [1.82, 2.24) is 10.3 Å². The lowest BCUT2D eigenvalue weighted by Crippen LogP contribution is -2.27. The zero-order chi connectivity index (χ0) is 13.8. The van der Waals surface area contributed by atoms with Crippen molar-refractivity contribution in [1.29, 1.82) is 0 Å². The summed E-state index contributed by atoms with van der Waals surface area (Å²) in [6.07, 6.45) is 1.79. The summed E-state index contributed by atoms with van der Waals surface area (Å²) in [5.41, 5.74) is 1.74. The molecule has 0 saturated heterocycles. The number of carbonyl (C=O) groups excluding carboxylic acids is 1. The van der Waals surface area contributed by atoms with Crippen molar-refractivity contribution >= 4 is 33.2 Å². The molecule has 3 nitrogen and oxygen atoms in total. The number of aromatic nitrogens is 1. The third-order valence-corrected chi connectivity index (χ3v) is 4.21. The molecule has 1 amide bonds. The number of carbonyl (C=O) groups is 1. The molecule has 2 rings (SSSR count). The molecule has 5 heteroatoms. The van der Waals surface area contributed by atoms with Gasteiger partial charge in [-0.25, -0.2) is 4.98 Å². The van der Waals surface area contributed by atoms with Crippen LogP contribution < -0.4 is 5.32 Å². The monoisotopic (exact) mass is 338 g/mol. The standard InChI is InChI=1S/C14H15BrN2OS/c1-9-5-11(7-12(15)6-9)13(18)17-8-10(2)14-16-3-4-19-14/h3-7,10H,8H2,1-2H3,(H,17,18). The van der Waals surface area contributed by atoms with E-state index >= 15 is 0 Å². The Labute approximate surface area is 125 Å². The topological polar surface area (TPSA) is 42.0 Å². The van der Waals surface area contributed by atoms with Gasteiger partial charge in [0.25, 0.3) is 5.91 Å². The third kappa shape index (κ3) is 3.88. The Kier molecular flexibility index (Phi) is 4.71. The van der Waals surface area contributed by atoms with Crippen LogP contribution in [0.3, 0.4) is 0 Å². The van der Waals surface area contributed by atoms with Crippen LogP contribution in [0.2, 0.25) is 0 Å². The molecule has 0 bridgehead atoms. The fraction of sp³-hybridized carbons (Fsp3) is 0.286. The minimum atomic E-state index is -0.0483. The van der Waals surface area contributed by atoms with Gasteiger partial charge < -0.3 is 5.32 Å². The average Bonchev–Trinajstić information content (AvgIpc) is 2.88. The van der Waals surface area contributed by atoms with Crippen LogP contribution in [0.1, 0.15) is 33.8 Å². The van der Waals surface area contributed by atoms with E-state index in [2.05, 4.69) is 33.2 Å². The number of rotatable bonds is 4. The molecule has 0 radical (unpaired) electrons. The minimum Gasteiger partial charge on any atom is -0.351 e. The van der Waals surface area contributed by atoms with Crippen molar-refractivity contribution < 1.29 is 4.79 Å². The lowest BCUT2D eigenvalue weighted by molar-refractivity contribution is 0.0951. The van der Waals surface area contributed by atoms with Gasteiger partial charge in [0.1, 0.15) is 0 Å². The summed E-state index contributed by atoms with van der Waals surface area (Å²) in [6, 6.07) is 5.69. The first-order chi connectivity index (χ1) is 9.06. The number of benzene rings is 1. The Morgan fingerprint density at radius 2 is 2.26 bits per heavy atom. The highest BCUT2D eigenvalue weighted by molar-refractivity contribution is 9.10. The molecule has 1 aromatic carbocycles.